The van der Waals surface area contributed by atoms with Crippen LogP contribution in [-0.2, 0) is 0 Å². The zero-order valence-electron chi connectivity index (χ0n) is 18.9. The zero-order valence-corrected chi connectivity index (χ0v) is 18.9. The molecule has 1 amide bonds. The summed E-state index contributed by atoms with van der Waals surface area (Å²) in [5, 5.41) is 3.33. The van der Waals surface area contributed by atoms with Crippen molar-refractivity contribution in [2.24, 2.45) is 5.92 Å². The number of carbonyl (C=O) groups excluding carboxylic acids is 1. The highest BCUT2D eigenvalue weighted by Gasteiger charge is 2.33. The number of anilines is 1. The fourth-order valence-corrected chi connectivity index (χ4v) is 4.57. The van der Waals surface area contributed by atoms with Gasteiger partial charge in [-0.1, -0.05) is 30.7 Å². The quantitative estimate of drug-likeness (QED) is 0.472. The number of aryl methyl sites for hydroxylation is 1. The molecule has 7 heteroatoms. The largest absolute Gasteiger partial charge is 0.424 e. The molecule has 1 aliphatic rings. The average molecular weight is 442 g/mol. The minimum absolute atomic E-state index is 0.00775. The van der Waals surface area contributed by atoms with Gasteiger partial charge in [0.15, 0.2) is 11.4 Å². The topological polar surface area (TPSA) is 84.2 Å². The number of nitrogens with zero attached hydrogens (tertiary/aromatic N) is 4. The van der Waals surface area contributed by atoms with E-state index in [9.17, 15) is 4.79 Å². The van der Waals surface area contributed by atoms with E-state index in [4.69, 9.17) is 4.42 Å². The van der Waals surface area contributed by atoms with Gasteiger partial charge < -0.3 is 14.6 Å². The van der Waals surface area contributed by atoms with Crippen LogP contribution in [-0.4, -0.2) is 44.9 Å². The predicted molar refractivity (Wildman–Crippen MR) is 128 cm³/mol. The summed E-state index contributed by atoms with van der Waals surface area (Å²) in [6, 6.07) is 15.8. The molecule has 2 aromatic carbocycles. The molecule has 0 bridgehead atoms. The molecule has 2 aromatic heterocycles. The summed E-state index contributed by atoms with van der Waals surface area (Å²) in [5.41, 5.74) is 4.03. The van der Waals surface area contributed by atoms with Crippen LogP contribution in [0.1, 0.15) is 35.7 Å². The second-order valence-electron chi connectivity index (χ2n) is 8.67. The fourth-order valence-electron chi connectivity index (χ4n) is 4.57. The van der Waals surface area contributed by atoms with Gasteiger partial charge in [-0.15, -0.1) is 0 Å². The lowest BCUT2D eigenvalue weighted by Gasteiger charge is -2.40. The molecule has 2 atom stereocenters. The Bertz CT molecular complexity index is 1240. The predicted octanol–water partition coefficient (Wildman–Crippen LogP) is 4.95. The third-order valence-electron chi connectivity index (χ3n) is 6.34. The Morgan fingerprint density at radius 1 is 1.15 bits per heavy atom. The second kappa shape index (κ2) is 9.02. The highest BCUT2D eigenvalue weighted by Crippen LogP contribution is 2.29. The van der Waals surface area contributed by atoms with Gasteiger partial charge in [0, 0.05) is 31.0 Å². The van der Waals surface area contributed by atoms with Gasteiger partial charge in [-0.05, 0) is 56.0 Å². The standard InChI is InChI=1S/C26H27N5O2/c1-17-10-11-19(20(15-17)24-27-12-6-13-28-24)25(32)31-14-5-7-18(2)22(31)16-29-26-30-21-8-3-4-9-23(21)33-26/h3-4,6,8-13,15,18,22H,5,7,14,16H2,1-2H3,(H,29,30). The maximum absolute atomic E-state index is 13.8. The number of piperidine rings is 1. The SMILES string of the molecule is Cc1ccc(C(=O)N2CCCC(C)C2CNc2nc3ccccc3o2)c(-c2ncccn2)c1. The highest BCUT2D eigenvalue weighted by atomic mass is 16.4. The molecule has 168 valence electrons. The molecular weight excluding hydrogens is 414 g/mol. The molecule has 1 aliphatic heterocycles. The van der Waals surface area contributed by atoms with Crippen LogP contribution in [0, 0.1) is 12.8 Å². The second-order valence-corrected chi connectivity index (χ2v) is 8.67. The fraction of sp³-hybridized carbons (Fsp3) is 0.308. The number of hydrogen-bond acceptors (Lipinski definition) is 6. The molecular formula is C26H27N5O2. The Morgan fingerprint density at radius 3 is 2.79 bits per heavy atom. The van der Waals surface area contributed by atoms with Crippen molar-refractivity contribution in [1.29, 1.82) is 0 Å². The highest BCUT2D eigenvalue weighted by molar-refractivity contribution is 6.00. The van der Waals surface area contributed by atoms with Gasteiger partial charge >= 0.3 is 0 Å². The molecule has 0 spiro atoms. The molecule has 0 saturated carbocycles. The molecule has 7 nitrogen and oxygen atoms in total. The van der Waals surface area contributed by atoms with Crippen LogP contribution in [0.5, 0.6) is 0 Å². The number of amides is 1. The van der Waals surface area contributed by atoms with Crippen molar-refractivity contribution in [3.63, 3.8) is 0 Å². The van der Waals surface area contributed by atoms with Crippen LogP contribution < -0.4 is 5.32 Å². The van der Waals surface area contributed by atoms with E-state index < -0.39 is 0 Å². The van der Waals surface area contributed by atoms with Crippen molar-refractivity contribution in [3.8, 4) is 11.4 Å². The number of hydrogen-bond donors (Lipinski definition) is 1. The molecule has 1 N–H and O–H groups in total. The third kappa shape index (κ3) is 4.31. The normalized spacial score (nSPS) is 18.4. The first-order valence-electron chi connectivity index (χ1n) is 11.4. The molecule has 4 aromatic rings. The van der Waals surface area contributed by atoms with Gasteiger partial charge in [-0.3, -0.25) is 4.79 Å². The molecule has 1 fully saturated rings. The lowest BCUT2D eigenvalue weighted by molar-refractivity contribution is 0.0540. The molecule has 33 heavy (non-hydrogen) atoms. The number of aromatic nitrogens is 3. The Kier molecular flexibility index (Phi) is 5.77. The number of oxazole rings is 1. The number of fused-ring (bicyclic) bond motifs is 1. The first-order valence-corrected chi connectivity index (χ1v) is 11.4. The first-order chi connectivity index (χ1) is 16.1. The van der Waals surface area contributed by atoms with Gasteiger partial charge in [0.1, 0.15) is 5.52 Å². The number of para-hydroxylation sites is 2. The van der Waals surface area contributed by atoms with E-state index in [1.807, 2.05) is 54.3 Å². The van der Waals surface area contributed by atoms with E-state index in [0.717, 1.165) is 35.1 Å². The number of carbonyl (C=O) groups is 1. The number of nitrogens with one attached hydrogen (secondary N) is 1. The summed E-state index contributed by atoms with van der Waals surface area (Å²) in [7, 11) is 0. The summed E-state index contributed by atoms with van der Waals surface area (Å²) >= 11 is 0. The minimum Gasteiger partial charge on any atom is -0.424 e. The molecule has 3 heterocycles. The van der Waals surface area contributed by atoms with E-state index in [2.05, 4.69) is 27.2 Å². The molecule has 2 unspecified atom stereocenters. The van der Waals surface area contributed by atoms with E-state index in [1.54, 1.807) is 18.5 Å². The lowest BCUT2D eigenvalue weighted by atomic mass is 9.89. The Balaban J connectivity index is 1.41. The van der Waals surface area contributed by atoms with Gasteiger partial charge in [0.05, 0.1) is 11.6 Å². The zero-order chi connectivity index (χ0) is 22.8. The first kappa shape index (κ1) is 21.1. The molecule has 1 saturated heterocycles. The van der Waals surface area contributed by atoms with Crippen molar-refractivity contribution < 1.29 is 9.21 Å². The van der Waals surface area contributed by atoms with Crippen LogP contribution in [0.2, 0.25) is 0 Å². The summed E-state index contributed by atoms with van der Waals surface area (Å²) in [5.74, 6) is 0.922. The third-order valence-corrected chi connectivity index (χ3v) is 6.34. The molecule has 5 rings (SSSR count). The van der Waals surface area contributed by atoms with Crippen molar-refractivity contribution in [2.45, 2.75) is 32.7 Å². The number of rotatable bonds is 5. The molecule has 0 radical (unpaired) electrons. The summed E-state index contributed by atoms with van der Waals surface area (Å²) in [6.45, 7) is 5.50. The van der Waals surface area contributed by atoms with Gasteiger partial charge in [-0.2, -0.15) is 4.98 Å². The van der Waals surface area contributed by atoms with Crippen LogP contribution in [0.3, 0.4) is 0 Å². The number of benzene rings is 2. The van der Waals surface area contributed by atoms with Crippen LogP contribution in [0.15, 0.2) is 65.3 Å². The molecule has 0 aliphatic carbocycles. The monoisotopic (exact) mass is 441 g/mol. The van der Waals surface area contributed by atoms with Crippen molar-refractivity contribution >= 4 is 23.0 Å². The summed E-state index contributed by atoms with van der Waals surface area (Å²) < 4.78 is 5.82. The van der Waals surface area contributed by atoms with Gasteiger partial charge in [0.25, 0.3) is 11.9 Å². The van der Waals surface area contributed by atoms with Gasteiger partial charge in [-0.25, -0.2) is 9.97 Å². The minimum atomic E-state index is 0.00775. The maximum atomic E-state index is 13.8. The average Bonchev–Trinajstić information content (AvgIpc) is 3.26. The van der Waals surface area contributed by atoms with E-state index >= 15 is 0 Å². The van der Waals surface area contributed by atoms with E-state index in [0.29, 0.717) is 36.4 Å². The van der Waals surface area contributed by atoms with Crippen LogP contribution in [0.4, 0.5) is 6.01 Å². The Morgan fingerprint density at radius 2 is 1.97 bits per heavy atom. The smallest absolute Gasteiger partial charge is 0.295 e. The summed E-state index contributed by atoms with van der Waals surface area (Å²) in [4.78, 5) is 29.1. The van der Waals surface area contributed by atoms with Gasteiger partial charge in [0.2, 0.25) is 0 Å². The van der Waals surface area contributed by atoms with Crippen LogP contribution >= 0.6 is 0 Å². The Hall–Kier alpha value is -3.74. The van der Waals surface area contributed by atoms with E-state index in [-0.39, 0.29) is 11.9 Å². The Labute approximate surface area is 192 Å². The van der Waals surface area contributed by atoms with E-state index in [1.165, 1.54) is 0 Å². The summed E-state index contributed by atoms with van der Waals surface area (Å²) in [6.07, 6.45) is 5.46. The van der Waals surface area contributed by atoms with Crippen molar-refractivity contribution in [1.82, 2.24) is 19.9 Å². The number of likely N-dealkylation sites (tertiary alicyclic amines) is 1. The maximum Gasteiger partial charge on any atom is 0.295 e. The lowest BCUT2D eigenvalue weighted by Crippen LogP contribution is -2.51. The van der Waals surface area contributed by atoms with Crippen LogP contribution in [0.25, 0.3) is 22.5 Å². The van der Waals surface area contributed by atoms with Crippen molar-refractivity contribution in [2.75, 3.05) is 18.4 Å². The van der Waals surface area contributed by atoms with Crippen molar-refractivity contribution in [3.05, 3.63) is 72.1 Å².